The minimum absolute atomic E-state index is 0.234. The average molecular weight is 238 g/mol. The molecule has 1 heterocycles. The van der Waals surface area contributed by atoms with Crippen LogP contribution in [0.4, 0.5) is 0 Å². The van der Waals surface area contributed by atoms with Gasteiger partial charge in [0.05, 0.1) is 5.21 Å². The molecule has 0 aliphatic carbocycles. The van der Waals surface area contributed by atoms with Gasteiger partial charge in [0.1, 0.15) is 13.1 Å². The minimum Gasteiger partial charge on any atom is -0.132 e. The molecule has 0 bridgehead atoms. The molecule has 0 spiro atoms. The lowest BCUT2D eigenvalue weighted by molar-refractivity contribution is -0.709. The summed E-state index contributed by atoms with van der Waals surface area (Å²) < 4.78 is 4.00. The molecule has 0 fully saturated rings. The molecule has 1 atom stereocenters. The van der Waals surface area contributed by atoms with E-state index in [2.05, 4.69) is 59.3 Å². The molecule has 0 saturated heterocycles. The van der Waals surface area contributed by atoms with Gasteiger partial charge in [-0.3, -0.25) is 0 Å². The first-order valence-corrected chi connectivity index (χ1v) is 6.16. The maximum Gasteiger partial charge on any atom is 0.198 e. The van der Waals surface area contributed by atoms with E-state index in [1.54, 1.807) is 0 Å². The summed E-state index contributed by atoms with van der Waals surface area (Å²) in [5.74, 6) is 0. The summed E-state index contributed by atoms with van der Waals surface area (Å²) in [5, 5.41) is 4.60. The lowest BCUT2D eigenvalue weighted by Crippen LogP contribution is -2.32. The van der Waals surface area contributed by atoms with Crippen molar-refractivity contribution in [3.05, 3.63) is 60.2 Å². The number of rotatable bonds is 2. The number of nitrogens with zero attached hydrogens (tertiary/aromatic N) is 3. The summed E-state index contributed by atoms with van der Waals surface area (Å²) in [5.41, 5.74) is 3.59. The molecule has 3 aromatic rings. The van der Waals surface area contributed by atoms with E-state index in [1.807, 2.05) is 23.9 Å². The molecule has 0 aliphatic heterocycles. The highest BCUT2D eigenvalue weighted by atomic mass is 15.5. The summed E-state index contributed by atoms with van der Waals surface area (Å²) >= 11 is 0. The first-order chi connectivity index (χ1) is 8.77. The van der Waals surface area contributed by atoms with Gasteiger partial charge in [-0.25, -0.2) is 0 Å². The van der Waals surface area contributed by atoms with Crippen LogP contribution in [0.1, 0.15) is 18.5 Å². The monoisotopic (exact) mass is 238 g/mol. The molecule has 0 radical (unpaired) electrons. The Kier molecular flexibility index (Phi) is 2.59. The largest absolute Gasteiger partial charge is 0.198 e. The van der Waals surface area contributed by atoms with E-state index in [1.165, 1.54) is 5.56 Å². The predicted octanol–water partition coefficient (Wildman–Crippen LogP) is 2.47. The third kappa shape index (κ3) is 1.68. The topological polar surface area (TPSA) is 21.7 Å². The van der Waals surface area contributed by atoms with E-state index in [4.69, 9.17) is 0 Å². The Hall–Kier alpha value is -2.16. The van der Waals surface area contributed by atoms with Gasteiger partial charge in [0.15, 0.2) is 11.0 Å². The fourth-order valence-corrected chi connectivity index (χ4v) is 2.33. The molecule has 2 aromatic carbocycles. The number of para-hydroxylation sites is 2. The van der Waals surface area contributed by atoms with Crippen LogP contribution in [0, 0.1) is 0 Å². The highest BCUT2D eigenvalue weighted by molar-refractivity contribution is 5.71. The van der Waals surface area contributed by atoms with E-state index < -0.39 is 0 Å². The van der Waals surface area contributed by atoms with Crippen LogP contribution in [0.2, 0.25) is 0 Å². The van der Waals surface area contributed by atoms with Crippen molar-refractivity contribution >= 4 is 11.0 Å². The molecule has 3 nitrogen and oxygen atoms in total. The predicted molar refractivity (Wildman–Crippen MR) is 71.2 cm³/mol. The van der Waals surface area contributed by atoms with Gasteiger partial charge in [0.2, 0.25) is 0 Å². The van der Waals surface area contributed by atoms with Gasteiger partial charge in [0.25, 0.3) is 0 Å². The zero-order chi connectivity index (χ0) is 12.5. The first-order valence-electron chi connectivity index (χ1n) is 6.16. The van der Waals surface area contributed by atoms with Crippen molar-refractivity contribution in [3.63, 3.8) is 0 Å². The number of fused-ring (bicyclic) bond motifs is 1. The molecule has 0 saturated carbocycles. The number of hydrogen-bond acceptors (Lipinski definition) is 1. The van der Waals surface area contributed by atoms with Gasteiger partial charge >= 0.3 is 0 Å². The first kappa shape index (κ1) is 11.0. The normalized spacial score (nSPS) is 12.8. The second-order valence-electron chi connectivity index (χ2n) is 4.53. The molecule has 18 heavy (non-hydrogen) atoms. The van der Waals surface area contributed by atoms with Crippen molar-refractivity contribution in [1.82, 2.24) is 9.90 Å². The van der Waals surface area contributed by atoms with Crippen LogP contribution >= 0.6 is 0 Å². The van der Waals surface area contributed by atoms with E-state index in [0.717, 1.165) is 11.0 Å². The second-order valence-corrected chi connectivity index (χ2v) is 4.53. The smallest absolute Gasteiger partial charge is 0.132 e. The van der Waals surface area contributed by atoms with Crippen molar-refractivity contribution in [2.24, 2.45) is 7.05 Å². The van der Waals surface area contributed by atoms with Crippen molar-refractivity contribution in [1.29, 1.82) is 0 Å². The molecular formula is C15H16N3+. The van der Waals surface area contributed by atoms with Crippen LogP contribution in [0.25, 0.3) is 11.0 Å². The maximum atomic E-state index is 4.60. The third-order valence-corrected chi connectivity index (χ3v) is 3.36. The van der Waals surface area contributed by atoms with Crippen LogP contribution < -0.4 is 4.68 Å². The van der Waals surface area contributed by atoms with Gasteiger partial charge in [-0.05, 0) is 24.6 Å². The Morgan fingerprint density at radius 3 is 2.44 bits per heavy atom. The second kappa shape index (κ2) is 4.26. The Morgan fingerprint density at radius 2 is 1.67 bits per heavy atom. The lowest BCUT2D eigenvalue weighted by atomic mass is 10.1. The number of benzene rings is 2. The van der Waals surface area contributed by atoms with Crippen molar-refractivity contribution in [3.8, 4) is 0 Å². The Morgan fingerprint density at radius 1 is 1.00 bits per heavy atom. The summed E-state index contributed by atoms with van der Waals surface area (Å²) in [6.45, 7) is 2.18. The fraction of sp³-hybridized carbons (Fsp3) is 0.200. The van der Waals surface area contributed by atoms with Crippen LogP contribution in [0.5, 0.6) is 0 Å². The zero-order valence-corrected chi connectivity index (χ0v) is 10.6. The van der Waals surface area contributed by atoms with Gasteiger partial charge in [-0.15, -0.1) is 9.36 Å². The quantitative estimate of drug-likeness (QED) is 0.628. The SMILES string of the molecule is CC(c1ccccc1)n1n[n+](C)c2ccccc21. The van der Waals surface area contributed by atoms with Crippen LogP contribution in [-0.4, -0.2) is 9.90 Å². The zero-order valence-electron chi connectivity index (χ0n) is 10.6. The molecule has 0 aliphatic rings. The average Bonchev–Trinajstić information content (AvgIpc) is 2.77. The Bertz CT molecular complexity index is 671. The van der Waals surface area contributed by atoms with Gasteiger partial charge in [-0.2, -0.15) is 0 Å². The van der Waals surface area contributed by atoms with Crippen LogP contribution in [-0.2, 0) is 7.05 Å². The lowest BCUT2D eigenvalue weighted by Gasteiger charge is -2.06. The van der Waals surface area contributed by atoms with E-state index in [0.29, 0.717) is 0 Å². The van der Waals surface area contributed by atoms with Crippen molar-refractivity contribution in [2.75, 3.05) is 0 Å². The Labute approximate surface area is 106 Å². The summed E-state index contributed by atoms with van der Waals surface area (Å²) in [6, 6.07) is 19.0. The van der Waals surface area contributed by atoms with E-state index in [9.17, 15) is 0 Å². The number of hydrogen-bond donors (Lipinski definition) is 0. The molecule has 3 heteroatoms. The highest BCUT2D eigenvalue weighted by Crippen LogP contribution is 2.20. The van der Waals surface area contributed by atoms with Crippen molar-refractivity contribution in [2.45, 2.75) is 13.0 Å². The summed E-state index contributed by atoms with van der Waals surface area (Å²) in [4.78, 5) is 0. The molecule has 1 unspecified atom stereocenters. The van der Waals surface area contributed by atoms with E-state index in [-0.39, 0.29) is 6.04 Å². The number of aryl methyl sites for hydroxylation is 1. The van der Waals surface area contributed by atoms with Gasteiger partial charge in [0, 0.05) is 0 Å². The molecule has 90 valence electrons. The fourth-order valence-electron chi connectivity index (χ4n) is 2.33. The van der Waals surface area contributed by atoms with Gasteiger partial charge < -0.3 is 0 Å². The third-order valence-electron chi connectivity index (χ3n) is 3.36. The van der Waals surface area contributed by atoms with Crippen LogP contribution in [0.15, 0.2) is 54.6 Å². The maximum absolute atomic E-state index is 4.60. The molecule has 1 aromatic heterocycles. The van der Waals surface area contributed by atoms with E-state index >= 15 is 0 Å². The minimum atomic E-state index is 0.234. The highest BCUT2D eigenvalue weighted by Gasteiger charge is 2.21. The summed E-state index contributed by atoms with van der Waals surface area (Å²) in [7, 11) is 1.98. The molecule has 0 N–H and O–H groups in total. The van der Waals surface area contributed by atoms with Gasteiger partial charge in [-0.1, -0.05) is 42.5 Å². The Balaban J connectivity index is 2.15. The molecule has 3 rings (SSSR count). The number of aromatic nitrogens is 3. The standard InChI is InChI=1S/C15H16N3/c1-12(13-8-4-3-5-9-13)18-15-11-7-6-10-14(15)17(2)16-18/h3-12H,1-2H3/q+1. The molecule has 0 amide bonds. The van der Waals surface area contributed by atoms with Crippen molar-refractivity contribution < 1.29 is 4.68 Å². The molecular weight excluding hydrogens is 222 g/mol. The van der Waals surface area contributed by atoms with Crippen LogP contribution in [0.3, 0.4) is 0 Å². The summed E-state index contributed by atoms with van der Waals surface area (Å²) in [6.07, 6.45) is 0.